The molecule has 7 heteroatoms. The minimum Gasteiger partial charge on any atom is -0.469 e. The summed E-state index contributed by atoms with van der Waals surface area (Å²) in [6.45, 7) is 0. The van der Waals surface area contributed by atoms with Crippen LogP contribution in [0.2, 0.25) is 5.02 Å². The van der Waals surface area contributed by atoms with Crippen LogP contribution in [0.25, 0.3) is 0 Å². The van der Waals surface area contributed by atoms with E-state index >= 15 is 0 Å². The van der Waals surface area contributed by atoms with Crippen molar-refractivity contribution in [1.29, 1.82) is 0 Å². The lowest BCUT2D eigenvalue weighted by Gasteiger charge is -2.12. The zero-order chi connectivity index (χ0) is 13.2. The van der Waals surface area contributed by atoms with Crippen LogP contribution in [0, 0.1) is 0 Å². The first kappa shape index (κ1) is 14.3. The summed E-state index contributed by atoms with van der Waals surface area (Å²) in [5.74, 6) is -0.628. The van der Waals surface area contributed by atoms with E-state index in [0.717, 1.165) is 13.2 Å². The Labute approximate surface area is 109 Å². The summed E-state index contributed by atoms with van der Waals surface area (Å²) in [4.78, 5) is 11.0. The molecule has 0 radical (unpaired) electrons. The fourth-order valence-corrected chi connectivity index (χ4v) is 1.89. The molecular weight excluding hydrogens is 324 g/mol. The Kier molecular flexibility index (Phi) is 4.43. The number of benzene rings is 1. The molecule has 0 saturated carbocycles. The summed E-state index contributed by atoms with van der Waals surface area (Å²) in [6.07, 6.45) is -4.79. The maximum atomic E-state index is 12.6. The number of hydrogen-bond acceptors (Lipinski definition) is 2. The average molecular weight is 332 g/mol. The van der Waals surface area contributed by atoms with Gasteiger partial charge >= 0.3 is 12.1 Å². The summed E-state index contributed by atoms with van der Waals surface area (Å²) in [5, 5.41) is -0.0984. The van der Waals surface area contributed by atoms with E-state index in [-0.39, 0.29) is 21.5 Å². The lowest BCUT2D eigenvalue weighted by atomic mass is 10.1. The number of esters is 1. The van der Waals surface area contributed by atoms with Gasteiger partial charge < -0.3 is 4.74 Å². The predicted octanol–water partition coefficient (Wildman–Crippen LogP) is 3.84. The molecule has 1 rings (SSSR count). The molecule has 17 heavy (non-hydrogen) atoms. The van der Waals surface area contributed by atoms with Gasteiger partial charge in [-0.2, -0.15) is 13.2 Å². The number of alkyl halides is 3. The Morgan fingerprint density at radius 2 is 2.06 bits per heavy atom. The van der Waals surface area contributed by atoms with Crippen LogP contribution < -0.4 is 0 Å². The van der Waals surface area contributed by atoms with Crippen LogP contribution in [-0.2, 0) is 22.1 Å². The average Bonchev–Trinajstić information content (AvgIpc) is 2.21. The van der Waals surface area contributed by atoms with Crippen molar-refractivity contribution in [2.24, 2.45) is 0 Å². The lowest BCUT2D eigenvalue weighted by Crippen LogP contribution is -2.10. The van der Waals surface area contributed by atoms with Gasteiger partial charge in [-0.05, 0) is 33.6 Å². The van der Waals surface area contributed by atoms with Crippen molar-refractivity contribution in [2.75, 3.05) is 7.11 Å². The zero-order valence-electron chi connectivity index (χ0n) is 8.57. The fraction of sp³-hybridized carbons (Fsp3) is 0.300. The molecule has 0 aliphatic rings. The van der Waals surface area contributed by atoms with Crippen molar-refractivity contribution in [3.8, 4) is 0 Å². The van der Waals surface area contributed by atoms with Crippen LogP contribution in [0.1, 0.15) is 11.1 Å². The molecule has 0 amide bonds. The topological polar surface area (TPSA) is 26.3 Å². The zero-order valence-corrected chi connectivity index (χ0v) is 10.9. The van der Waals surface area contributed by atoms with Crippen LogP contribution in [0.4, 0.5) is 13.2 Å². The molecule has 0 saturated heterocycles. The van der Waals surface area contributed by atoms with Crippen LogP contribution >= 0.6 is 27.5 Å². The van der Waals surface area contributed by atoms with Gasteiger partial charge in [0.2, 0.25) is 0 Å². The molecule has 0 fully saturated rings. The SMILES string of the molecule is COC(=O)Cc1cc(Cl)c(Br)c(C(F)(F)F)c1. The van der Waals surface area contributed by atoms with Gasteiger partial charge in [0.05, 0.1) is 24.1 Å². The van der Waals surface area contributed by atoms with Crippen LogP contribution in [-0.4, -0.2) is 13.1 Å². The normalized spacial score (nSPS) is 11.4. The molecule has 1 aromatic rings. The minimum atomic E-state index is -4.53. The summed E-state index contributed by atoms with van der Waals surface area (Å²) < 4.78 is 42.0. The van der Waals surface area contributed by atoms with Gasteiger partial charge in [-0.1, -0.05) is 11.6 Å². The molecule has 0 atom stereocenters. The molecular formula is C10H7BrClF3O2. The second-order valence-corrected chi connectivity index (χ2v) is 4.39. The molecule has 0 N–H and O–H groups in total. The summed E-state index contributed by atoms with van der Waals surface area (Å²) in [7, 11) is 1.16. The minimum absolute atomic E-state index is 0.0984. The fourth-order valence-electron chi connectivity index (χ4n) is 1.19. The molecule has 0 aromatic heterocycles. The second-order valence-electron chi connectivity index (χ2n) is 3.19. The van der Waals surface area contributed by atoms with Gasteiger partial charge in [0, 0.05) is 4.47 Å². The number of rotatable bonds is 2. The van der Waals surface area contributed by atoms with Crippen molar-refractivity contribution in [2.45, 2.75) is 12.6 Å². The van der Waals surface area contributed by atoms with Crippen LogP contribution in [0.3, 0.4) is 0 Å². The molecule has 0 aliphatic heterocycles. The van der Waals surface area contributed by atoms with Crippen molar-refractivity contribution in [3.05, 3.63) is 32.8 Å². The smallest absolute Gasteiger partial charge is 0.417 e. The van der Waals surface area contributed by atoms with Gasteiger partial charge in [0.1, 0.15) is 0 Å². The largest absolute Gasteiger partial charge is 0.469 e. The van der Waals surface area contributed by atoms with E-state index in [0.29, 0.717) is 0 Å². The number of carbonyl (C=O) groups excluding carboxylic acids is 1. The Bertz CT molecular complexity index is 446. The first-order valence-corrected chi connectivity index (χ1v) is 5.54. The van der Waals surface area contributed by atoms with E-state index in [1.54, 1.807) is 0 Å². The number of carbonyl (C=O) groups is 1. The van der Waals surface area contributed by atoms with E-state index in [1.807, 2.05) is 0 Å². The first-order chi connectivity index (χ1) is 7.75. The summed E-state index contributed by atoms with van der Waals surface area (Å²) >= 11 is 8.42. The quantitative estimate of drug-likeness (QED) is 0.770. The van der Waals surface area contributed by atoms with Gasteiger partial charge in [-0.15, -0.1) is 0 Å². The highest BCUT2D eigenvalue weighted by Crippen LogP contribution is 2.39. The predicted molar refractivity (Wildman–Crippen MR) is 59.9 cm³/mol. The molecule has 0 unspecified atom stereocenters. The molecule has 0 aliphatic carbocycles. The molecule has 1 aromatic carbocycles. The Morgan fingerprint density at radius 1 is 1.47 bits per heavy atom. The third kappa shape index (κ3) is 3.61. The van der Waals surface area contributed by atoms with Gasteiger partial charge in [0.25, 0.3) is 0 Å². The number of halogens is 5. The molecule has 94 valence electrons. The number of hydrogen-bond donors (Lipinski definition) is 0. The Balaban J connectivity index is 3.20. The summed E-state index contributed by atoms with van der Waals surface area (Å²) in [6, 6.07) is 2.16. The van der Waals surface area contributed by atoms with Crippen molar-refractivity contribution < 1.29 is 22.7 Å². The van der Waals surface area contributed by atoms with E-state index in [9.17, 15) is 18.0 Å². The van der Waals surface area contributed by atoms with Crippen LogP contribution in [0.5, 0.6) is 0 Å². The van der Waals surface area contributed by atoms with Gasteiger partial charge in [0.15, 0.2) is 0 Å². The highest BCUT2D eigenvalue weighted by Gasteiger charge is 2.34. The van der Waals surface area contributed by atoms with Crippen molar-refractivity contribution in [1.82, 2.24) is 0 Å². The number of ether oxygens (including phenoxy) is 1. The molecule has 2 nitrogen and oxygen atoms in total. The highest BCUT2D eigenvalue weighted by atomic mass is 79.9. The molecule has 0 spiro atoms. The van der Waals surface area contributed by atoms with Crippen molar-refractivity contribution in [3.63, 3.8) is 0 Å². The van der Waals surface area contributed by atoms with E-state index in [4.69, 9.17) is 11.6 Å². The van der Waals surface area contributed by atoms with Gasteiger partial charge in [-0.3, -0.25) is 4.79 Å². The number of methoxy groups -OCH3 is 1. The maximum absolute atomic E-state index is 12.6. The lowest BCUT2D eigenvalue weighted by molar-refractivity contribution is -0.140. The van der Waals surface area contributed by atoms with E-state index < -0.39 is 17.7 Å². The molecule has 0 heterocycles. The second kappa shape index (κ2) is 5.27. The van der Waals surface area contributed by atoms with Gasteiger partial charge in [-0.25, -0.2) is 0 Å². The molecule has 0 bridgehead atoms. The van der Waals surface area contributed by atoms with Crippen LogP contribution in [0.15, 0.2) is 16.6 Å². The highest BCUT2D eigenvalue weighted by molar-refractivity contribution is 9.10. The maximum Gasteiger partial charge on any atom is 0.417 e. The standard InChI is InChI=1S/C10H7BrClF3O2/c1-17-8(16)4-5-2-6(10(13,14)15)9(11)7(12)3-5/h2-3H,4H2,1H3. The van der Waals surface area contributed by atoms with E-state index in [1.165, 1.54) is 6.07 Å². The summed E-state index contributed by atoms with van der Waals surface area (Å²) in [5.41, 5.74) is -0.763. The monoisotopic (exact) mass is 330 g/mol. The first-order valence-electron chi connectivity index (χ1n) is 4.37. The van der Waals surface area contributed by atoms with Crippen molar-refractivity contribution >= 4 is 33.5 Å². The third-order valence-corrected chi connectivity index (χ3v) is 3.35. The Morgan fingerprint density at radius 3 is 2.53 bits per heavy atom. The third-order valence-electron chi connectivity index (χ3n) is 1.97. The Hall–Kier alpha value is -0.750. The van der Waals surface area contributed by atoms with E-state index in [2.05, 4.69) is 20.7 Å².